The molecule has 2 heterocycles. The highest BCUT2D eigenvalue weighted by atomic mass is 32.1. The maximum atomic E-state index is 12.0. The number of rotatable bonds is 4. The van der Waals surface area contributed by atoms with Crippen LogP contribution in [-0.4, -0.2) is 32.4 Å². The van der Waals surface area contributed by atoms with E-state index < -0.39 is 5.41 Å². The second-order valence-electron chi connectivity index (χ2n) is 5.63. The Kier molecular flexibility index (Phi) is 3.24. The van der Waals surface area contributed by atoms with Gasteiger partial charge in [0.1, 0.15) is 10.4 Å². The molecule has 2 aromatic rings. The number of fused-ring (bicyclic) bond motifs is 1. The van der Waals surface area contributed by atoms with Crippen LogP contribution in [0, 0.1) is 0 Å². The highest BCUT2D eigenvalue weighted by Gasteiger charge is 2.36. The summed E-state index contributed by atoms with van der Waals surface area (Å²) in [5.41, 5.74) is -0.752. The normalized spacial score (nSPS) is 16.4. The molecule has 0 spiro atoms. The van der Waals surface area contributed by atoms with Gasteiger partial charge in [-0.3, -0.25) is 4.79 Å². The van der Waals surface area contributed by atoms with Crippen LogP contribution in [0.1, 0.15) is 56.8 Å². The third-order valence-electron chi connectivity index (χ3n) is 3.81. The highest BCUT2D eigenvalue weighted by Crippen LogP contribution is 2.37. The van der Waals surface area contributed by atoms with E-state index in [2.05, 4.69) is 15.3 Å². The zero-order valence-electron chi connectivity index (χ0n) is 11.9. The molecule has 1 aliphatic rings. The van der Waals surface area contributed by atoms with E-state index in [9.17, 15) is 4.79 Å². The molecule has 0 radical (unpaired) electrons. The number of hydrogen-bond donors (Lipinski definition) is 0. The maximum Gasteiger partial charge on any atom is 0.318 e. The van der Waals surface area contributed by atoms with Crippen LogP contribution in [0.25, 0.3) is 4.96 Å². The minimum absolute atomic E-state index is 0.254. The smallest absolute Gasteiger partial charge is 0.318 e. The summed E-state index contributed by atoms with van der Waals surface area (Å²) in [5.74, 6) is 1.13. The summed E-state index contributed by atoms with van der Waals surface area (Å²) in [6.07, 6.45) is 3.54. The van der Waals surface area contributed by atoms with Crippen molar-refractivity contribution < 1.29 is 9.53 Å². The van der Waals surface area contributed by atoms with Gasteiger partial charge in [0.2, 0.25) is 4.96 Å². The van der Waals surface area contributed by atoms with Gasteiger partial charge in [0.05, 0.1) is 6.61 Å². The number of carbonyl (C=O) groups is 1. The molecule has 0 bridgehead atoms. The first-order chi connectivity index (χ1) is 9.54. The van der Waals surface area contributed by atoms with Gasteiger partial charge in [-0.25, -0.2) is 0 Å². The second-order valence-corrected chi connectivity index (χ2v) is 6.59. The number of hydrogen-bond acceptors (Lipinski definition) is 6. The fraction of sp³-hybridized carbons (Fsp3) is 0.692. The molecule has 108 valence electrons. The molecule has 7 heteroatoms. The lowest BCUT2D eigenvalue weighted by Crippen LogP contribution is -2.31. The maximum absolute atomic E-state index is 12.0. The molecule has 0 atom stereocenters. The Morgan fingerprint density at radius 2 is 2.20 bits per heavy atom. The van der Waals surface area contributed by atoms with E-state index in [1.165, 1.54) is 17.8 Å². The summed E-state index contributed by atoms with van der Waals surface area (Å²) in [6, 6.07) is 0. The van der Waals surface area contributed by atoms with Crippen molar-refractivity contribution in [3.63, 3.8) is 0 Å². The molecule has 1 saturated carbocycles. The van der Waals surface area contributed by atoms with E-state index >= 15 is 0 Å². The van der Waals surface area contributed by atoms with E-state index in [0.29, 0.717) is 12.5 Å². The van der Waals surface area contributed by atoms with Crippen molar-refractivity contribution in [3.8, 4) is 0 Å². The molecule has 6 nitrogen and oxygen atoms in total. The van der Waals surface area contributed by atoms with Gasteiger partial charge in [-0.2, -0.15) is 9.61 Å². The summed E-state index contributed by atoms with van der Waals surface area (Å²) < 4.78 is 6.92. The topological polar surface area (TPSA) is 69.4 Å². The molecule has 1 aliphatic carbocycles. The Morgan fingerprint density at radius 3 is 2.80 bits per heavy atom. The van der Waals surface area contributed by atoms with Crippen molar-refractivity contribution in [1.29, 1.82) is 0 Å². The van der Waals surface area contributed by atoms with Crippen LogP contribution in [-0.2, 0) is 14.9 Å². The Bertz CT molecular complexity index is 642. The summed E-state index contributed by atoms with van der Waals surface area (Å²) in [4.78, 5) is 12.8. The van der Waals surface area contributed by atoms with Gasteiger partial charge in [0.15, 0.2) is 5.82 Å². The molecule has 1 fully saturated rings. The summed E-state index contributed by atoms with van der Waals surface area (Å²) >= 11 is 1.41. The van der Waals surface area contributed by atoms with Crippen LogP contribution >= 0.6 is 11.3 Å². The first kappa shape index (κ1) is 13.5. The first-order valence-electron chi connectivity index (χ1n) is 6.94. The Morgan fingerprint density at radius 1 is 1.45 bits per heavy atom. The average Bonchev–Trinajstić information content (AvgIpc) is 2.89. The highest BCUT2D eigenvalue weighted by molar-refractivity contribution is 7.16. The summed E-state index contributed by atoms with van der Waals surface area (Å²) in [5, 5.41) is 13.7. The zero-order valence-corrected chi connectivity index (χ0v) is 12.7. The molecule has 3 rings (SSSR count). The number of esters is 1. The molecule has 2 aromatic heterocycles. The van der Waals surface area contributed by atoms with Crippen molar-refractivity contribution >= 4 is 22.3 Å². The molecule has 0 amide bonds. The quantitative estimate of drug-likeness (QED) is 0.809. The first-order valence-corrected chi connectivity index (χ1v) is 7.75. The number of aromatic nitrogens is 4. The van der Waals surface area contributed by atoms with E-state index in [1.807, 2.05) is 13.8 Å². The van der Waals surface area contributed by atoms with Gasteiger partial charge in [-0.05, 0) is 33.6 Å². The average molecular weight is 294 g/mol. The van der Waals surface area contributed by atoms with Gasteiger partial charge in [0, 0.05) is 5.92 Å². The van der Waals surface area contributed by atoms with Gasteiger partial charge >= 0.3 is 5.97 Å². The largest absolute Gasteiger partial charge is 0.465 e. The van der Waals surface area contributed by atoms with Crippen molar-refractivity contribution in [2.45, 2.75) is 51.4 Å². The predicted molar refractivity (Wildman–Crippen MR) is 74.9 cm³/mol. The van der Waals surface area contributed by atoms with Crippen molar-refractivity contribution in [3.05, 3.63) is 10.8 Å². The van der Waals surface area contributed by atoms with Crippen molar-refractivity contribution in [2.24, 2.45) is 0 Å². The lowest BCUT2D eigenvalue weighted by Gasteiger charge is -2.22. The number of carbonyl (C=O) groups excluding carboxylic acids is 1. The Labute approximate surface area is 121 Å². The second kappa shape index (κ2) is 4.80. The third-order valence-corrected chi connectivity index (χ3v) is 5.03. The van der Waals surface area contributed by atoms with Crippen LogP contribution in [0.4, 0.5) is 0 Å². The number of ether oxygens (including phenoxy) is 1. The van der Waals surface area contributed by atoms with E-state index in [1.54, 1.807) is 11.4 Å². The molecular formula is C13H18N4O2S. The van der Waals surface area contributed by atoms with E-state index in [0.717, 1.165) is 28.6 Å². The molecule has 0 aromatic carbocycles. The summed E-state index contributed by atoms with van der Waals surface area (Å²) in [6.45, 7) is 5.85. The molecule has 0 aliphatic heterocycles. The lowest BCUT2D eigenvalue weighted by molar-refractivity contribution is -0.148. The molecule has 20 heavy (non-hydrogen) atoms. The van der Waals surface area contributed by atoms with E-state index in [-0.39, 0.29) is 5.97 Å². The monoisotopic (exact) mass is 294 g/mol. The predicted octanol–water partition coefficient (Wildman–Crippen LogP) is 2.29. The minimum atomic E-state index is -0.752. The minimum Gasteiger partial charge on any atom is -0.465 e. The summed E-state index contributed by atoms with van der Waals surface area (Å²) in [7, 11) is 0. The van der Waals surface area contributed by atoms with Gasteiger partial charge in [-0.15, -0.1) is 10.2 Å². The molecule has 0 N–H and O–H groups in total. The fourth-order valence-corrected chi connectivity index (χ4v) is 3.14. The lowest BCUT2D eigenvalue weighted by atomic mass is 9.85. The van der Waals surface area contributed by atoms with Gasteiger partial charge in [0.25, 0.3) is 0 Å². The van der Waals surface area contributed by atoms with Crippen LogP contribution in [0.15, 0.2) is 0 Å². The molecule has 0 unspecified atom stereocenters. The molecule has 0 saturated heterocycles. The third kappa shape index (κ3) is 2.00. The van der Waals surface area contributed by atoms with Crippen molar-refractivity contribution in [2.75, 3.05) is 6.61 Å². The van der Waals surface area contributed by atoms with Crippen molar-refractivity contribution in [1.82, 2.24) is 19.8 Å². The SMILES string of the molecule is CCOC(=O)C(C)(C)c1nn2c(C3CCC3)nnc2s1. The standard InChI is InChI=1S/C13H18N4O2S/c1-4-19-11(18)13(2,3)10-16-17-9(8-6-5-7-8)14-15-12(17)20-10/h8H,4-7H2,1-3H3. The Hall–Kier alpha value is -1.50. The van der Waals surface area contributed by atoms with Crippen LogP contribution in [0.5, 0.6) is 0 Å². The van der Waals surface area contributed by atoms with Crippen LogP contribution in [0.3, 0.4) is 0 Å². The van der Waals surface area contributed by atoms with E-state index in [4.69, 9.17) is 4.74 Å². The van der Waals surface area contributed by atoms with Crippen LogP contribution < -0.4 is 0 Å². The van der Waals surface area contributed by atoms with Gasteiger partial charge in [-0.1, -0.05) is 17.8 Å². The zero-order chi connectivity index (χ0) is 14.3. The molecular weight excluding hydrogens is 276 g/mol. The van der Waals surface area contributed by atoms with Crippen LogP contribution in [0.2, 0.25) is 0 Å². The Balaban J connectivity index is 1.96. The fourth-order valence-electron chi connectivity index (χ4n) is 2.20. The number of nitrogens with zero attached hydrogens (tertiary/aromatic N) is 4. The van der Waals surface area contributed by atoms with Gasteiger partial charge < -0.3 is 4.74 Å².